The second-order valence-corrected chi connectivity index (χ2v) is 5.57. The Morgan fingerprint density at radius 3 is 2.65 bits per heavy atom. The number of aliphatic imine (C=N–C) groups is 1. The van der Waals surface area contributed by atoms with Crippen LogP contribution < -0.4 is 11.1 Å². The van der Waals surface area contributed by atoms with Gasteiger partial charge in [-0.15, -0.1) is 0 Å². The lowest BCUT2D eigenvalue weighted by atomic mass is 10.3. The van der Waals surface area contributed by atoms with E-state index in [1.54, 1.807) is 0 Å². The summed E-state index contributed by atoms with van der Waals surface area (Å²) in [5.41, 5.74) is 6.61. The predicted octanol–water partition coefficient (Wildman–Crippen LogP) is 0.877. The van der Waals surface area contributed by atoms with Crippen LogP contribution in [0.1, 0.15) is 0 Å². The number of halogens is 1. The summed E-state index contributed by atoms with van der Waals surface area (Å²) in [6.07, 6.45) is 0. The van der Waals surface area contributed by atoms with Crippen molar-refractivity contribution in [3.8, 4) is 0 Å². The fourth-order valence-corrected chi connectivity index (χ4v) is 2.14. The Labute approximate surface area is 131 Å². The molecule has 0 saturated carbocycles. The van der Waals surface area contributed by atoms with Gasteiger partial charge >= 0.3 is 0 Å². The number of benzene rings is 1. The number of hydrogen-bond acceptors (Lipinski definition) is 3. The zero-order valence-corrected chi connectivity index (χ0v) is 13.2. The van der Waals surface area contributed by atoms with E-state index in [2.05, 4.69) is 32.9 Å². The number of nitrogens with one attached hydrogen (secondary N) is 1. The highest BCUT2D eigenvalue weighted by Crippen LogP contribution is 2.10. The molecule has 3 N–H and O–H groups in total. The van der Waals surface area contributed by atoms with Crippen molar-refractivity contribution < 1.29 is 9.53 Å². The molecule has 1 aromatic rings. The van der Waals surface area contributed by atoms with E-state index in [0.717, 1.165) is 9.26 Å². The Balaban J connectivity index is 1.83. The number of morpholine rings is 1. The minimum absolute atomic E-state index is 0.0230. The summed E-state index contributed by atoms with van der Waals surface area (Å²) in [6, 6.07) is 7.58. The van der Waals surface area contributed by atoms with Crippen LogP contribution in [0.25, 0.3) is 0 Å². The number of amides is 1. The van der Waals surface area contributed by atoms with Gasteiger partial charge < -0.3 is 20.7 Å². The molecule has 108 valence electrons. The lowest BCUT2D eigenvalue weighted by Gasteiger charge is -2.27. The Bertz CT molecular complexity index is 484. The van der Waals surface area contributed by atoms with Gasteiger partial charge in [0.2, 0.25) is 5.91 Å². The highest BCUT2D eigenvalue weighted by molar-refractivity contribution is 14.1. The molecule has 7 heteroatoms. The van der Waals surface area contributed by atoms with Crippen LogP contribution >= 0.6 is 22.6 Å². The minimum Gasteiger partial charge on any atom is -0.378 e. The molecule has 0 aliphatic carbocycles. The van der Waals surface area contributed by atoms with Gasteiger partial charge in [-0.2, -0.15) is 0 Å². The zero-order valence-electron chi connectivity index (χ0n) is 11.0. The van der Waals surface area contributed by atoms with E-state index >= 15 is 0 Å². The molecule has 2 rings (SSSR count). The normalized spacial score (nSPS) is 16.1. The van der Waals surface area contributed by atoms with Crippen LogP contribution in [-0.2, 0) is 9.53 Å². The molecule has 1 saturated heterocycles. The standard InChI is InChI=1S/C13H17IN4O2/c14-10-1-3-11(4-2-10)17-12(19)9-16-13(15)18-5-7-20-8-6-18/h1-4H,5-9H2,(H2,15,16)(H,17,19). The van der Waals surface area contributed by atoms with Crippen LogP contribution in [0, 0.1) is 3.57 Å². The van der Waals surface area contributed by atoms with Gasteiger partial charge in [-0.3, -0.25) is 4.79 Å². The molecular weight excluding hydrogens is 371 g/mol. The molecule has 6 nitrogen and oxygen atoms in total. The van der Waals surface area contributed by atoms with E-state index in [-0.39, 0.29) is 12.5 Å². The van der Waals surface area contributed by atoms with Crippen molar-refractivity contribution in [1.82, 2.24) is 4.90 Å². The van der Waals surface area contributed by atoms with E-state index in [4.69, 9.17) is 10.5 Å². The molecule has 1 aromatic carbocycles. The van der Waals surface area contributed by atoms with Gasteiger partial charge in [0.1, 0.15) is 6.54 Å². The van der Waals surface area contributed by atoms with Crippen molar-refractivity contribution in [2.24, 2.45) is 10.7 Å². The summed E-state index contributed by atoms with van der Waals surface area (Å²) in [7, 11) is 0. The number of nitrogens with two attached hydrogens (primary N) is 1. The molecule has 1 amide bonds. The summed E-state index contributed by atoms with van der Waals surface area (Å²) in [4.78, 5) is 17.8. The quantitative estimate of drug-likeness (QED) is 0.458. The fourth-order valence-electron chi connectivity index (χ4n) is 1.78. The lowest BCUT2D eigenvalue weighted by Crippen LogP contribution is -2.45. The van der Waals surface area contributed by atoms with Gasteiger partial charge in [0.15, 0.2) is 5.96 Å². The smallest absolute Gasteiger partial charge is 0.246 e. The van der Waals surface area contributed by atoms with E-state index < -0.39 is 0 Å². The summed E-state index contributed by atoms with van der Waals surface area (Å²) in [5, 5.41) is 2.78. The van der Waals surface area contributed by atoms with Gasteiger partial charge in [0.25, 0.3) is 0 Å². The SMILES string of the molecule is NC(=NCC(=O)Nc1ccc(I)cc1)N1CCOCC1. The molecule has 1 heterocycles. The average Bonchev–Trinajstić information content (AvgIpc) is 2.48. The van der Waals surface area contributed by atoms with Gasteiger partial charge in [0, 0.05) is 22.3 Å². The highest BCUT2D eigenvalue weighted by atomic mass is 127. The molecule has 0 aromatic heterocycles. The molecule has 0 bridgehead atoms. The summed E-state index contributed by atoms with van der Waals surface area (Å²) in [6.45, 7) is 2.74. The molecule has 0 spiro atoms. The van der Waals surface area contributed by atoms with Crippen molar-refractivity contribution in [2.75, 3.05) is 38.2 Å². The van der Waals surface area contributed by atoms with Gasteiger partial charge in [0.05, 0.1) is 13.2 Å². The van der Waals surface area contributed by atoms with Crippen LogP contribution in [0.2, 0.25) is 0 Å². The number of nitrogens with zero attached hydrogens (tertiary/aromatic N) is 2. The topological polar surface area (TPSA) is 79.9 Å². The van der Waals surface area contributed by atoms with Crippen molar-refractivity contribution in [2.45, 2.75) is 0 Å². The number of guanidine groups is 1. The van der Waals surface area contributed by atoms with Crippen LogP contribution in [0.4, 0.5) is 5.69 Å². The number of hydrogen-bond donors (Lipinski definition) is 2. The second-order valence-electron chi connectivity index (χ2n) is 4.33. The number of rotatable bonds is 3. The number of anilines is 1. The van der Waals surface area contributed by atoms with Crippen LogP contribution in [0.5, 0.6) is 0 Å². The highest BCUT2D eigenvalue weighted by Gasteiger charge is 2.12. The Morgan fingerprint density at radius 1 is 1.35 bits per heavy atom. The largest absolute Gasteiger partial charge is 0.378 e. The molecule has 0 radical (unpaired) electrons. The number of carbonyl (C=O) groups excluding carboxylic acids is 1. The van der Waals surface area contributed by atoms with Crippen LogP contribution in [0.15, 0.2) is 29.3 Å². The van der Waals surface area contributed by atoms with Gasteiger partial charge in [-0.05, 0) is 46.9 Å². The van der Waals surface area contributed by atoms with Crippen molar-refractivity contribution in [3.05, 3.63) is 27.8 Å². The molecule has 1 aliphatic heterocycles. The van der Waals surface area contributed by atoms with E-state index in [9.17, 15) is 4.79 Å². The third-order valence-corrected chi connectivity index (χ3v) is 3.57. The lowest BCUT2D eigenvalue weighted by molar-refractivity contribution is -0.114. The average molecular weight is 388 g/mol. The predicted molar refractivity (Wildman–Crippen MR) is 86.7 cm³/mol. The Morgan fingerprint density at radius 2 is 2.00 bits per heavy atom. The third kappa shape index (κ3) is 4.64. The first-order chi connectivity index (χ1) is 9.65. The van der Waals surface area contributed by atoms with Crippen molar-refractivity contribution >= 4 is 40.1 Å². The first-order valence-corrected chi connectivity index (χ1v) is 7.41. The van der Waals surface area contributed by atoms with Gasteiger partial charge in [-0.1, -0.05) is 0 Å². The van der Waals surface area contributed by atoms with E-state index in [0.29, 0.717) is 32.3 Å². The maximum Gasteiger partial charge on any atom is 0.246 e. The summed E-state index contributed by atoms with van der Waals surface area (Å²) in [5.74, 6) is 0.216. The first-order valence-electron chi connectivity index (χ1n) is 6.33. The van der Waals surface area contributed by atoms with Crippen LogP contribution in [-0.4, -0.2) is 49.6 Å². The van der Waals surface area contributed by atoms with Crippen molar-refractivity contribution in [1.29, 1.82) is 0 Å². The van der Waals surface area contributed by atoms with Gasteiger partial charge in [-0.25, -0.2) is 4.99 Å². The Hall–Kier alpha value is -1.35. The fraction of sp³-hybridized carbons (Fsp3) is 0.385. The number of ether oxygens (including phenoxy) is 1. The molecule has 1 aliphatic rings. The zero-order chi connectivity index (χ0) is 14.4. The summed E-state index contributed by atoms with van der Waals surface area (Å²) < 4.78 is 6.35. The van der Waals surface area contributed by atoms with E-state index in [1.807, 2.05) is 29.2 Å². The molecular formula is C13H17IN4O2. The Kier molecular flexibility index (Phi) is 5.60. The van der Waals surface area contributed by atoms with Crippen LogP contribution in [0.3, 0.4) is 0 Å². The van der Waals surface area contributed by atoms with E-state index in [1.165, 1.54) is 0 Å². The molecule has 20 heavy (non-hydrogen) atoms. The maximum absolute atomic E-state index is 11.8. The third-order valence-electron chi connectivity index (χ3n) is 2.85. The molecule has 0 unspecified atom stereocenters. The summed E-state index contributed by atoms with van der Waals surface area (Å²) >= 11 is 2.21. The molecule has 0 atom stereocenters. The van der Waals surface area contributed by atoms with Crippen molar-refractivity contribution in [3.63, 3.8) is 0 Å². The first kappa shape index (κ1) is 15.0. The second kappa shape index (κ2) is 7.44. The maximum atomic E-state index is 11.8. The number of carbonyl (C=O) groups is 1. The monoisotopic (exact) mass is 388 g/mol. The molecule has 1 fully saturated rings. The minimum atomic E-state index is -0.178.